The molecule has 0 saturated heterocycles. The Morgan fingerprint density at radius 1 is 1.17 bits per heavy atom. The van der Waals surface area contributed by atoms with Crippen LogP contribution in [0.5, 0.6) is 11.5 Å². The first kappa shape index (κ1) is 14.4. The minimum atomic E-state index is 0.312. The maximum absolute atomic E-state index is 5.45. The molecule has 1 aromatic carbocycles. The fourth-order valence-corrected chi connectivity index (χ4v) is 4.44. The van der Waals surface area contributed by atoms with Crippen molar-refractivity contribution in [2.24, 2.45) is 0 Å². The van der Waals surface area contributed by atoms with Crippen LogP contribution in [0.4, 0.5) is 0 Å². The van der Waals surface area contributed by atoms with Crippen LogP contribution < -0.4 is 9.47 Å². The normalized spacial score (nSPS) is 15.8. The van der Waals surface area contributed by atoms with E-state index in [4.69, 9.17) is 9.47 Å². The van der Waals surface area contributed by atoms with Crippen LogP contribution in [0.1, 0.15) is 24.4 Å². The van der Waals surface area contributed by atoms with E-state index in [1.165, 1.54) is 23.3 Å². The maximum atomic E-state index is 5.45. The number of rotatable bonds is 5. The van der Waals surface area contributed by atoms with Gasteiger partial charge in [-0.05, 0) is 42.0 Å². The van der Waals surface area contributed by atoms with E-state index in [1.807, 2.05) is 12.1 Å². The van der Waals surface area contributed by atoms with Gasteiger partial charge in [0.05, 0.1) is 4.88 Å². The highest BCUT2D eigenvalue weighted by Crippen LogP contribution is 2.42. The summed E-state index contributed by atoms with van der Waals surface area (Å²) in [6, 6.07) is 10.8. The fraction of sp³-hybridized carbons (Fsp3) is 0.294. The number of hydrogen-bond donors (Lipinski definition) is 0. The summed E-state index contributed by atoms with van der Waals surface area (Å²) in [4.78, 5) is 1.18. The van der Waals surface area contributed by atoms with Crippen molar-refractivity contribution in [3.05, 3.63) is 41.3 Å². The minimum Gasteiger partial charge on any atom is -0.454 e. The Hall–Kier alpha value is -1.99. The van der Waals surface area contributed by atoms with Crippen LogP contribution in [0.2, 0.25) is 0 Å². The Balaban J connectivity index is 1.39. The molecule has 7 heteroatoms. The molecule has 5 nitrogen and oxygen atoms in total. The van der Waals surface area contributed by atoms with Crippen molar-refractivity contribution < 1.29 is 9.47 Å². The molecule has 122 valence electrons. The van der Waals surface area contributed by atoms with Gasteiger partial charge >= 0.3 is 0 Å². The van der Waals surface area contributed by atoms with Gasteiger partial charge in [0, 0.05) is 11.8 Å². The first-order valence-corrected chi connectivity index (χ1v) is 9.75. The SMILES string of the molecule is c1csc(-c2nnc(SCc3ccc4c(c3)OCO4)n2C2CC2)c1. The molecule has 1 aliphatic carbocycles. The standard InChI is InChI=1S/C17H15N3O2S2/c1-2-15(23-7-1)16-18-19-17(20(16)12-4-5-12)24-9-11-3-6-13-14(8-11)22-10-21-13/h1-3,6-8,12H,4-5,9-10H2. The molecule has 3 heterocycles. The minimum absolute atomic E-state index is 0.312. The lowest BCUT2D eigenvalue weighted by Crippen LogP contribution is -1.99. The van der Waals surface area contributed by atoms with Crippen molar-refractivity contribution in [3.63, 3.8) is 0 Å². The van der Waals surface area contributed by atoms with E-state index in [0.717, 1.165) is 28.2 Å². The molecule has 0 atom stereocenters. The zero-order chi connectivity index (χ0) is 15.9. The highest BCUT2D eigenvalue weighted by Gasteiger charge is 2.30. The monoisotopic (exact) mass is 357 g/mol. The van der Waals surface area contributed by atoms with E-state index in [0.29, 0.717) is 12.8 Å². The summed E-state index contributed by atoms with van der Waals surface area (Å²) in [6.07, 6.45) is 2.43. The van der Waals surface area contributed by atoms with Crippen molar-refractivity contribution in [1.29, 1.82) is 0 Å². The van der Waals surface area contributed by atoms with Crippen molar-refractivity contribution in [2.75, 3.05) is 6.79 Å². The van der Waals surface area contributed by atoms with Gasteiger partial charge in [-0.2, -0.15) is 0 Å². The molecule has 2 aromatic heterocycles. The summed E-state index contributed by atoms with van der Waals surface area (Å²) in [5, 5.41) is 12.0. The number of aromatic nitrogens is 3. The van der Waals surface area contributed by atoms with Gasteiger partial charge in [0.15, 0.2) is 22.5 Å². The van der Waals surface area contributed by atoms with Gasteiger partial charge in [-0.1, -0.05) is 23.9 Å². The molecule has 0 N–H and O–H groups in total. The lowest BCUT2D eigenvalue weighted by Gasteiger charge is -2.08. The molecule has 1 saturated carbocycles. The molecule has 24 heavy (non-hydrogen) atoms. The summed E-state index contributed by atoms with van der Waals surface area (Å²) >= 11 is 3.44. The second kappa shape index (κ2) is 5.82. The van der Waals surface area contributed by atoms with Crippen LogP contribution in [0.25, 0.3) is 10.7 Å². The lowest BCUT2D eigenvalue weighted by molar-refractivity contribution is 0.174. The van der Waals surface area contributed by atoms with Crippen LogP contribution >= 0.6 is 23.1 Å². The number of thiophene rings is 1. The molecule has 0 radical (unpaired) electrons. The van der Waals surface area contributed by atoms with Crippen molar-refractivity contribution >= 4 is 23.1 Å². The Morgan fingerprint density at radius 2 is 2.08 bits per heavy atom. The third-order valence-electron chi connectivity index (χ3n) is 4.12. The summed E-state index contributed by atoms with van der Waals surface area (Å²) < 4.78 is 13.1. The number of fused-ring (bicyclic) bond motifs is 1. The molecule has 0 spiro atoms. The van der Waals surface area contributed by atoms with E-state index in [9.17, 15) is 0 Å². The van der Waals surface area contributed by atoms with Gasteiger partial charge in [-0.3, -0.25) is 4.57 Å². The predicted molar refractivity (Wildman–Crippen MR) is 93.7 cm³/mol. The van der Waals surface area contributed by atoms with Crippen LogP contribution in [0, 0.1) is 0 Å². The largest absolute Gasteiger partial charge is 0.454 e. The number of thioether (sulfide) groups is 1. The summed E-state index contributed by atoms with van der Waals surface area (Å²) in [6.45, 7) is 0.312. The highest BCUT2D eigenvalue weighted by atomic mass is 32.2. The highest BCUT2D eigenvalue weighted by molar-refractivity contribution is 7.98. The van der Waals surface area contributed by atoms with E-state index >= 15 is 0 Å². The van der Waals surface area contributed by atoms with Gasteiger partial charge < -0.3 is 9.47 Å². The molecule has 5 rings (SSSR count). The first-order chi connectivity index (χ1) is 11.9. The molecule has 2 aliphatic rings. The Morgan fingerprint density at radius 3 is 2.92 bits per heavy atom. The number of benzene rings is 1. The fourth-order valence-electron chi connectivity index (χ4n) is 2.79. The summed E-state index contributed by atoms with van der Waals surface area (Å²) in [7, 11) is 0. The van der Waals surface area contributed by atoms with Gasteiger partial charge in [0.25, 0.3) is 0 Å². The second-order valence-electron chi connectivity index (χ2n) is 5.86. The molecule has 0 amide bonds. The van der Waals surface area contributed by atoms with E-state index in [1.54, 1.807) is 23.1 Å². The van der Waals surface area contributed by atoms with Crippen molar-refractivity contribution in [1.82, 2.24) is 14.8 Å². The van der Waals surface area contributed by atoms with Crippen LogP contribution in [-0.2, 0) is 5.75 Å². The van der Waals surface area contributed by atoms with Crippen LogP contribution in [0.3, 0.4) is 0 Å². The van der Waals surface area contributed by atoms with Crippen LogP contribution in [-0.4, -0.2) is 21.6 Å². The van der Waals surface area contributed by atoms with Gasteiger partial charge in [0.1, 0.15) is 0 Å². The zero-order valence-corrected chi connectivity index (χ0v) is 14.5. The van der Waals surface area contributed by atoms with Gasteiger partial charge in [-0.25, -0.2) is 0 Å². The topological polar surface area (TPSA) is 49.2 Å². The summed E-state index contributed by atoms with van der Waals surface area (Å²) in [5.41, 5.74) is 1.20. The average Bonchev–Trinajstić information content (AvgIpc) is 3.05. The van der Waals surface area contributed by atoms with Gasteiger partial charge in [-0.15, -0.1) is 21.5 Å². The third kappa shape index (κ3) is 2.57. The molecule has 3 aromatic rings. The molecule has 0 bridgehead atoms. The lowest BCUT2D eigenvalue weighted by atomic mass is 10.2. The van der Waals surface area contributed by atoms with Crippen molar-refractivity contribution in [3.8, 4) is 22.2 Å². The molecular formula is C17H15N3O2S2. The summed E-state index contributed by atoms with van der Waals surface area (Å²) in [5.74, 6) is 3.49. The molecule has 0 unspecified atom stereocenters. The molecule has 1 fully saturated rings. The van der Waals surface area contributed by atoms with Crippen molar-refractivity contribution in [2.45, 2.75) is 29.8 Å². The number of nitrogens with zero attached hydrogens (tertiary/aromatic N) is 3. The quantitative estimate of drug-likeness (QED) is 0.635. The third-order valence-corrected chi connectivity index (χ3v) is 6.00. The first-order valence-electron chi connectivity index (χ1n) is 7.88. The Kier molecular flexibility index (Phi) is 3.48. The number of hydrogen-bond acceptors (Lipinski definition) is 6. The second-order valence-corrected chi connectivity index (χ2v) is 7.75. The predicted octanol–water partition coefficient (Wildman–Crippen LogP) is 4.36. The number of ether oxygens (including phenoxy) is 2. The van der Waals surface area contributed by atoms with Gasteiger partial charge in [0.2, 0.25) is 6.79 Å². The van der Waals surface area contributed by atoms with Crippen LogP contribution in [0.15, 0.2) is 40.9 Å². The Labute approximate surface area is 147 Å². The maximum Gasteiger partial charge on any atom is 0.231 e. The molecular weight excluding hydrogens is 342 g/mol. The van der Waals surface area contributed by atoms with E-state index < -0.39 is 0 Å². The smallest absolute Gasteiger partial charge is 0.231 e. The van der Waals surface area contributed by atoms with E-state index in [-0.39, 0.29) is 0 Å². The zero-order valence-electron chi connectivity index (χ0n) is 12.8. The van der Waals surface area contributed by atoms with E-state index in [2.05, 4.69) is 38.3 Å². The average molecular weight is 357 g/mol. The molecule has 1 aliphatic heterocycles. The Bertz CT molecular complexity index is 872.